The fourth-order valence-corrected chi connectivity index (χ4v) is 3.47. The van der Waals surface area contributed by atoms with E-state index < -0.39 is 0 Å². The van der Waals surface area contributed by atoms with Gasteiger partial charge in [-0.3, -0.25) is 9.59 Å². The molecule has 0 N–H and O–H groups in total. The van der Waals surface area contributed by atoms with Crippen LogP contribution in [0.1, 0.15) is 29.3 Å². The van der Waals surface area contributed by atoms with E-state index in [1.165, 1.54) is 12.5 Å². The predicted octanol–water partition coefficient (Wildman–Crippen LogP) is 3.79. The standard InChI is InChI=1S/C21H23ClN2O3/c1-15(25)18-11-17(22)12-19-21(18)27-14-20(26)24(19)10-6-9-23(2)13-16-7-4-3-5-8-16/h3-5,7-8,11-12H,6,9-10,13-14H2,1-2H3. The Hall–Kier alpha value is -2.37. The van der Waals surface area contributed by atoms with Gasteiger partial charge in [0.15, 0.2) is 18.1 Å². The molecule has 0 bridgehead atoms. The number of rotatable bonds is 7. The first-order chi connectivity index (χ1) is 13.0. The Morgan fingerprint density at radius 1 is 1.26 bits per heavy atom. The highest BCUT2D eigenvalue weighted by Gasteiger charge is 2.29. The molecule has 1 aliphatic rings. The molecule has 1 aliphatic heterocycles. The summed E-state index contributed by atoms with van der Waals surface area (Å²) < 4.78 is 5.54. The number of ketones is 1. The number of ether oxygens (including phenoxy) is 1. The van der Waals surface area contributed by atoms with Gasteiger partial charge in [0.25, 0.3) is 5.91 Å². The van der Waals surface area contributed by atoms with Crippen molar-refractivity contribution in [2.75, 3.05) is 31.6 Å². The van der Waals surface area contributed by atoms with E-state index in [9.17, 15) is 9.59 Å². The number of nitrogens with zero attached hydrogens (tertiary/aromatic N) is 2. The molecule has 3 rings (SSSR count). The molecule has 0 saturated carbocycles. The Labute approximate surface area is 164 Å². The summed E-state index contributed by atoms with van der Waals surface area (Å²) in [5, 5.41) is 0.420. The highest BCUT2D eigenvalue weighted by molar-refractivity contribution is 6.31. The quantitative estimate of drug-likeness (QED) is 0.679. The molecule has 0 spiro atoms. The molecule has 0 unspecified atom stereocenters. The zero-order valence-electron chi connectivity index (χ0n) is 15.6. The van der Waals surface area contributed by atoms with Gasteiger partial charge in [-0.25, -0.2) is 0 Å². The van der Waals surface area contributed by atoms with Crippen LogP contribution in [0.15, 0.2) is 42.5 Å². The fourth-order valence-electron chi connectivity index (χ4n) is 3.26. The molecule has 0 saturated heterocycles. The van der Waals surface area contributed by atoms with E-state index in [0.29, 0.717) is 28.6 Å². The highest BCUT2D eigenvalue weighted by atomic mass is 35.5. The van der Waals surface area contributed by atoms with E-state index in [4.69, 9.17) is 16.3 Å². The number of hydrogen-bond donors (Lipinski definition) is 0. The smallest absolute Gasteiger partial charge is 0.265 e. The molecule has 0 aromatic heterocycles. The number of Topliss-reactive ketones (excluding diaryl/α,β-unsaturated/α-hetero) is 1. The van der Waals surface area contributed by atoms with Gasteiger partial charge in [-0.15, -0.1) is 0 Å². The number of carbonyl (C=O) groups is 2. The van der Waals surface area contributed by atoms with Crippen molar-refractivity contribution >= 4 is 29.0 Å². The molecule has 142 valence electrons. The van der Waals surface area contributed by atoms with Gasteiger partial charge in [0.05, 0.1) is 11.3 Å². The van der Waals surface area contributed by atoms with Gasteiger partial charge in [0.1, 0.15) is 0 Å². The monoisotopic (exact) mass is 386 g/mol. The second-order valence-corrected chi connectivity index (χ2v) is 7.21. The summed E-state index contributed by atoms with van der Waals surface area (Å²) in [6.07, 6.45) is 0.802. The largest absolute Gasteiger partial charge is 0.481 e. The lowest BCUT2D eigenvalue weighted by molar-refractivity contribution is -0.121. The Morgan fingerprint density at radius 2 is 2.00 bits per heavy atom. The maximum Gasteiger partial charge on any atom is 0.265 e. The zero-order chi connectivity index (χ0) is 19.4. The van der Waals surface area contributed by atoms with Crippen molar-refractivity contribution in [1.29, 1.82) is 0 Å². The van der Waals surface area contributed by atoms with Gasteiger partial charge >= 0.3 is 0 Å². The minimum atomic E-state index is -0.134. The van der Waals surface area contributed by atoms with Crippen molar-refractivity contribution in [2.45, 2.75) is 19.9 Å². The summed E-state index contributed by atoms with van der Waals surface area (Å²) in [6, 6.07) is 13.5. The van der Waals surface area contributed by atoms with Crippen LogP contribution in [-0.4, -0.2) is 43.3 Å². The average Bonchev–Trinajstić information content (AvgIpc) is 2.63. The molecule has 1 amide bonds. The molecule has 6 heteroatoms. The first-order valence-corrected chi connectivity index (χ1v) is 9.33. The highest BCUT2D eigenvalue weighted by Crippen LogP contribution is 2.38. The van der Waals surface area contributed by atoms with E-state index >= 15 is 0 Å². The topological polar surface area (TPSA) is 49.9 Å². The molecular weight excluding hydrogens is 364 g/mol. The van der Waals surface area contributed by atoms with Crippen molar-refractivity contribution in [2.24, 2.45) is 0 Å². The SMILES string of the molecule is CC(=O)c1cc(Cl)cc2c1OCC(=O)N2CCCN(C)Cc1ccccc1. The molecule has 2 aromatic carbocycles. The molecule has 5 nitrogen and oxygen atoms in total. The second kappa shape index (κ2) is 8.55. The van der Waals surface area contributed by atoms with Crippen molar-refractivity contribution < 1.29 is 14.3 Å². The van der Waals surface area contributed by atoms with Gasteiger partial charge in [-0.05, 0) is 44.6 Å². The van der Waals surface area contributed by atoms with Crippen molar-refractivity contribution in [1.82, 2.24) is 4.90 Å². The first kappa shape index (κ1) is 19.4. The summed E-state index contributed by atoms with van der Waals surface area (Å²) >= 11 is 6.16. The van der Waals surface area contributed by atoms with E-state index in [1.54, 1.807) is 17.0 Å². The molecular formula is C21H23ClN2O3. The number of hydrogen-bond acceptors (Lipinski definition) is 4. The predicted molar refractivity (Wildman–Crippen MR) is 107 cm³/mol. The lowest BCUT2D eigenvalue weighted by atomic mass is 10.1. The van der Waals surface area contributed by atoms with Crippen LogP contribution < -0.4 is 9.64 Å². The first-order valence-electron chi connectivity index (χ1n) is 8.96. The van der Waals surface area contributed by atoms with E-state index in [2.05, 4.69) is 24.1 Å². The summed E-state index contributed by atoms with van der Waals surface area (Å²) in [6.45, 7) is 3.65. The average molecular weight is 387 g/mol. The van der Waals surface area contributed by atoms with Crippen LogP contribution in [0.2, 0.25) is 5.02 Å². The van der Waals surface area contributed by atoms with Gasteiger partial charge in [-0.1, -0.05) is 41.9 Å². The summed E-state index contributed by atoms with van der Waals surface area (Å²) in [5.41, 5.74) is 2.25. The normalized spacial score (nSPS) is 13.5. The number of carbonyl (C=O) groups excluding carboxylic acids is 2. The van der Waals surface area contributed by atoms with Crippen LogP contribution >= 0.6 is 11.6 Å². The number of anilines is 1. The molecule has 0 aliphatic carbocycles. The van der Waals surface area contributed by atoms with Gasteiger partial charge in [0.2, 0.25) is 0 Å². The van der Waals surface area contributed by atoms with Crippen molar-refractivity contribution in [3.8, 4) is 5.75 Å². The summed E-state index contributed by atoms with van der Waals surface area (Å²) in [4.78, 5) is 28.2. The van der Waals surface area contributed by atoms with Crippen molar-refractivity contribution in [3.05, 3.63) is 58.6 Å². The molecule has 27 heavy (non-hydrogen) atoms. The molecule has 0 radical (unpaired) electrons. The van der Waals surface area contributed by atoms with Crippen LogP contribution in [0.3, 0.4) is 0 Å². The lowest BCUT2D eigenvalue weighted by Gasteiger charge is -2.31. The molecule has 2 aromatic rings. The number of halogens is 1. The van der Waals surface area contributed by atoms with E-state index in [-0.39, 0.29) is 18.3 Å². The third kappa shape index (κ3) is 4.67. The van der Waals surface area contributed by atoms with E-state index in [1.807, 2.05) is 18.2 Å². The van der Waals surface area contributed by atoms with Crippen LogP contribution in [-0.2, 0) is 11.3 Å². The maximum atomic E-state index is 12.4. The second-order valence-electron chi connectivity index (χ2n) is 6.77. The van der Waals surface area contributed by atoms with Crippen LogP contribution in [0.4, 0.5) is 5.69 Å². The van der Waals surface area contributed by atoms with Crippen LogP contribution in [0.25, 0.3) is 0 Å². The maximum absolute atomic E-state index is 12.4. The number of fused-ring (bicyclic) bond motifs is 1. The fraction of sp³-hybridized carbons (Fsp3) is 0.333. The zero-order valence-corrected chi connectivity index (χ0v) is 16.3. The Morgan fingerprint density at radius 3 is 2.70 bits per heavy atom. The van der Waals surface area contributed by atoms with Crippen LogP contribution in [0.5, 0.6) is 5.75 Å². The summed E-state index contributed by atoms with van der Waals surface area (Å²) in [5.74, 6) is 0.194. The Balaban J connectivity index is 1.67. The lowest BCUT2D eigenvalue weighted by Crippen LogP contribution is -2.40. The Kier molecular flexibility index (Phi) is 6.14. The molecule has 1 heterocycles. The van der Waals surface area contributed by atoms with Crippen molar-refractivity contribution in [3.63, 3.8) is 0 Å². The Bertz CT molecular complexity index is 839. The van der Waals surface area contributed by atoms with E-state index in [0.717, 1.165) is 19.5 Å². The van der Waals surface area contributed by atoms with Gasteiger partial charge in [0, 0.05) is 18.1 Å². The molecule has 0 atom stereocenters. The third-order valence-corrected chi connectivity index (χ3v) is 4.78. The van der Waals surface area contributed by atoms with Gasteiger partial charge in [-0.2, -0.15) is 0 Å². The van der Waals surface area contributed by atoms with Gasteiger partial charge < -0.3 is 14.5 Å². The third-order valence-electron chi connectivity index (χ3n) is 4.56. The number of amides is 1. The minimum absolute atomic E-state index is 0.0607. The summed E-state index contributed by atoms with van der Waals surface area (Å²) in [7, 11) is 2.06. The van der Waals surface area contributed by atoms with Crippen LogP contribution in [0, 0.1) is 0 Å². The number of benzene rings is 2. The molecule has 0 fully saturated rings. The minimum Gasteiger partial charge on any atom is -0.481 e.